The highest BCUT2D eigenvalue weighted by Crippen LogP contribution is 1.72. The molecule has 0 aliphatic heterocycles. The Kier molecular flexibility index (Phi) is 1.68. The van der Waals surface area contributed by atoms with Crippen molar-refractivity contribution >= 4 is 12.6 Å². The minimum atomic E-state index is -1.58. The van der Waals surface area contributed by atoms with Gasteiger partial charge in [0.1, 0.15) is 0 Å². The number of aliphatic hydroxyl groups is 2. The summed E-state index contributed by atoms with van der Waals surface area (Å²) in [4.78, 5) is 0. The molecule has 25 valence electrons. The molecule has 0 saturated heterocycles. The van der Waals surface area contributed by atoms with E-state index >= 15 is 0 Å². The Balaban J connectivity index is 2.32. The van der Waals surface area contributed by atoms with E-state index in [0.29, 0.717) is 0 Å². The van der Waals surface area contributed by atoms with Gasteiger partial charge in [-0.05, 0) is 12.6 Å². The van der Waals surface area contributed by atoms with Crippen LogP contribution in [0.3, 0.4) is 0 Å². The average Bonchev–Trinajstić information content (AvgIpc) is 0.811. The SMILES string of the molecule is OC(O)[S]. The molecule has 0 aromatic carbocycles. The first-order valence-electron chi connectivity index (χ1n) is 0.752. The van der Waals surface area contributed by atoms with Crippen LogP contribution in [0.25, 0.3) is 0 Å². The molecule has 0 fully saturated rings. The Morgan fingerprint density at radius 2 is 1.50 bits per heavy atom. The Labute approximate surface area is 29.5 Å². The molecule has 0 aliphatic rings. The minimum absolute atomic E-state index is 1.58. The van der Waals surface area contributed by atoms with Gasteiger partial charge in [0, 0.05) is 0 Å². The normalized spacial score (nSPS) is 9.00. The van der Waals surface area contributed by atoms with E-state index in [1.54, 1.807) is 0 Å². The maximum atomic E-state index is 7.43. The third-order valence-corrected chi connectivity index (χ3v) is 0. The first-order valence-corrected chi connectivity index (χ1v) is 1.22. The van der Waals surface area contributed by atoms with E-state index in [1.165, 1.54) is 0 Å². The molecular weight excluding hydrogens is 76.1 g/mol. The Hall–Kier alpha value is 0.270. The van der Waals surface area contributed by atoms with Crippen LogP contribution in [0.15, 0.2) is 0 Å². The second-order valence-corrected chi connectivity index (χ2v) is 0.748. The van der Waals surface area contributed by atoms with Crippen LogP contribution in [0, 0.1) is 0 Å². The van der Waals surface area contributed by atoms with Crippen LogP contribution < -0.4 is 0 Å². The lowest BCUT2D eigenvalue weighted by molar-refractivity contribution is 0.0425. The number of rotatable bonds is 0. The minimum Gasteiger partial charge on any atom is -0.359 e. The molecule has 0 amide bonds. The van der Waals surface area contributed by atoms with Gasteiger partial charge in [-0.3, -0.25) is 0 Å². The molecule has 2 nitrogen and oxygen atoms in total. The molecule has 0 aromatic rings. The number of hydrogen-bond acceptors (Lipinski definition) is 2. The van der Waals surface area contributed by atoms with Crippen molar-refractivity contribution in [2.45, 2.75) is 5.62 Å². The standard InChI is InChI=1S/CH3O2S/c2-1(3)4/h1-3H. The quantitative estimate of drug-likeness (QED) is 0.382. The van der Waals surface area contributed by atoms with Gasteiger partial charge in [0.15, 0.2) is 0 Å². The summed E-state index contributed by atoms with van der Waals surface area (Å²) < 4.78 is 0. The predicted octanol–water partition coefficient (Wildman–Crippen LogP) is -0.548. The van der Waals surface area contributed by atoms with Gasteiger partial charge in [0.25, 0.3) is 0 Å². The third-order valence-electron chi connectivity index (χ3n) is 0. The van der Waals surface area contributed by atoms with Gasteiger partial charge >= 0.3 is 0 Å². The van der Waals surface area contributed by atoms with Crippen LogP contribution in [0.1, 0.15) is 0 Å². The first kappa shape index (κ1) is 4.27. The summed E-state index contributed by atoms with van der Waals surface area (Å²) in [5.74, 6) is 0. The molecule has 4 heavy (non-hydrogen) atoms. The Bertz CT molecular complexity index is 10.8. The largest absolute Gasteiger partial charge is 0.359 e. The summed E-state index contributed by atoms with van der Waals surface area (Å²) in [5.41, 5.74) is -1.58. The van der Waals surface area contributed by atoms with Gasteiger partial charge in [-0.25, -0.2) is 0 Å². The Morgan fingerprint density at radius 1 is 1.50 bits per heavy atom. The highest BCUT2D eigenvalue weighted by molar-refractivity contribution is 7.80. The molecule has 0 rings (SSSR count). The van der Waals surface area contributed by atoms with Crippen molar-refractivity contribution in [2.24, 2.45) is 0 Å². The zero-order valence-electron chi connectivity index (χ0n) is 1.88. The zero-order valence-corrected chi connectivity index (χ0v) is 2.70. The summed E-state index contributed by atoms with van der Waals surface area (Å²) >= 11 is 3.73. The maximum Gasteiger partial charge on any atom is 0.212 e. The highest BCUT2D eigenvalue weighted by atomic mass is 32.1. The van der Waals surface area contributed by atoms with E-state index in [0.717, 1.165) is 0 Å². The van der Waals surface area contributed by atoms with Crippen molar-refractivity contribution in [2.75, 3.05) is 0 Å². The molecule has 0 bridgehead atoms. The fourth-order valence-electron chi connectivity index (χ4n) is 0. The van der Waals surface area contributed by atoms with Crippen molar-refractivity contribution < 1.29 is 10.2 Å². The lowest BCUT2D eigenvalue weighted by Crippen LogP contribution is -1.87. The summed E-state index contributed by atoms with van der Waals surface area (Å²) in [6.45, 7) is 0. The number of hydrogen-bond donors (Lipinski definition) is 2. The van der Waals surface area contributed by atoms with Gasteiger partial charge in [-0.1, -0.05) is 0 Å². The third kappa shape index (κ3) is 50.2. The van der Waals surface area contributed by atoms with Gasteiger partial charge in [-0.2, -0.15) is 0 Å². The van der Waals surface area contributed by atoms with E-state index in [2.05, 4.69) is 12.6 Å². The van der Waals surface area contributed by atoms with Crippen LogP contribution in [0.5, 0.6) is 0 Å². The summed E-state index contributed by atoms with van der Waals surface area (Å²) in [7, 11) is 0. The van der Waals surface area contributed by atoms with Crippen LogP contribution >= 0.6 is 12.6 Å². The molecule has 2 N–H and O–H groups in total. The first-order chi connectivity index (χ1) is 1.73. The second kappa shape index (κ2) is 1.58. The molecule has 0 saturated carbocycles. The van der Waals surface area contributed by atoms with Crippen molar-refractivity contribution in [3.8, 4) is 0 Å². The fourth-order valence-corrected chi connectivity index (χ4v) is 0. The van der Waals surface area contributed by atoms with E-state index < -0.39 is 5.62 Å². The molecule has 0 heterocycles. The lowest BCUT2D eigenvalue weighted by atomic mass is 11.5. The van der Waals surface area contributed by atoms with Gasteiger partial charge < -0.3 is 10.2 Å². The monoisotopic (exact) mass is 79.0 g/mol. The maximum absolute atomic E-state index is 7.43. The van der Waals surface area contributed by atoms with Crippen LogP contribution in [0.4, 0.5) is 0 Å². The molecule has 0 unspecified atom stereocenters. The second-order valence-electron chi connectivity index (χ2n) is 0.326. The predicted molar refractivity (Wildman–Crippen MR) is 15.8 cm³/mol. The topological polar surface area (TPSA) is 40.5 Å². The fraction of sp³-hybridized carbons (Fsp3) is 1.00. The van der Waals surface area contributed by atoms with Crippen LogP contribution in [0.2, 0.25) is 0 Å². The molecule has 0 atom stereocenters. The van der Waals surface area contributed by atoms with Gasteiger partial charge in [0.2, 0.25) is 5.62 Å². The van der Waals surface area contributed by atoms with E-state index in [1.807, 2.05) is 0 Å². The molecular formula is CH3O2S. The molecule has 3 heteroatoms. The average molecular weight is 79.1 g/mol. The van der Waals surface area contributed by atoms with Crippen molar-refractivity contribution in [3.05, 3.63) is 0 Å². The van der Waals surface area contributed by atoms with E-state index in [-0.39, 0.29) is 0 Å². The van der Waals surface area contributed by atoms with Crippen molar-refractivity contribution in [3.63, 3.8) is 0 Å². The van der Waals surface area contributed by atoms with E-state index in [9.17, 15) is 0 Å². The Morgan fingerprint density at radius 3 is 1.50 bits per heavy atom. The summed E-state index contributed by atoms with van der Waals surface area (Å²) in [6.07, 6.45) is 0. The van der Waals surface area contributed by atoms with Gasteiger partial charge in [0.05, 0.1) is 0 Å². The molecule has 0 aromatic heterocycles. The van der Waals surface area contributed by atoms with Crippen molar-refractivity contribution in [1.82, 2.24) is 0 Å². The van der Waals surface area contributed by atoms with Crippen molar-refractivity contribution in [1.29, 1.82) is 0 Å². The summed E-state index contributed by atoms with van der Waals surface area (Å²) in [6, 6.07) is 0. The smallest absolute Gasteiger partial charge is 0.212 e. The highest BCUT2D eigenvalue weighted by Gasteiger charge is 1.74. The van der Waals surface area contributed by atoms with Crippen LogP contribution in [-0.4, -0.2) is 15.8 Å². The number of aliphatic hydroxyl groups excluding tert-OH is 1. The summed E-state index contributed by atoms with van der Waals surface area (Å²) in [5, 5.41) is 14.9. The molecule has 0 spiro atoms. The van der Waals surface area contributed by atoms with E-state index in [4.69, 9.17) is 10.2 Å². The zero-order chi connectivity index (χ0) is 3.58. The van der Waals surface area contributed by atoms with Crippen LogP contribution in [-0.2, 0) is 0 Å². The molecule has 1 radical (unpaired) electrons. The lowest BCUT2D eigenvalue weighted by Gasteiger charge is -1.77. The molecule has 0 aliphatic carbocycles. The van der Waals surface area contributed by atoms with Gasteiger partial charge in [-0.15, -0.1) is 0 Å².